The first kappa shape index (κ1) is 15.3. The molecule has 0 heterocycles. The lowest BCUT2D eigenvalue weighted by Gasteiger charge is -2.04. The van der Waals surface area contributed by atoms with Crippen molar-refractivity contribution in [3.05, 3.63) is 83.1 Å². The maximum Gasteiger partial charge on any atom is 0.118 e. The van der Waals surface area contributed by atoms with Crippen LogP contribution < -0.4 is 5.32 Å². The Bertz CT molecular complexity index is 663. The first-order valence-electron chi connectivity index (χ1n) is 6.34. The van der Waals surface area contributed by atoms with E-state index in [1.54, 1.807) is 18.2 Å². The molecule has 21 heavy (non-hydrogen) atoms. The van der Waals surface area contributed by atoms with Gasteiger partial charge in [-0.1, -0.05) is 60.2 Å². The van der Waals surface area contributed by atoms with Crippen molar-refractivity contribution >= 4 is 40.6 Å². The van der Waals surface area contributed by atoms with Crippen molar-refractivity contribution in [2.45, 2.75) is 0 Å². The van der Waals surface area contributed by atoms with E-state index >= 15 is 0 Å². The second-order valence-corrected chi connectivity index (χ2v) is 5.19. The van der Waals surface area contributed by atoms with Gasteiger partial charge in [0.1, 0.15) is 10.7 Å². The molecular weight excluding hydrogens is 302 g/mol. The number of benzene rings is 2. The van der Waals surface area contributed by atoms with E-state index in [4.69, 9.17) is 23.8 Å². The predicted molar refractivity (Wildman–Crippen MR) is 93.9 cm³/mol. The van der Waals surface area contributed by atoms with Crippen LogP contribution in [-0.2, 0) is 0 Å². The summed E-state index contributed by atoms with van der Waals surface area (Å²) >= 11 is 11.0. The molecule has 2 rings (SSSR count). The predicted octanol–water partition coefficient (Wildman–Crippen LogP) is 5.23. The lowest BCUT2D eigenvalue weighted by molar-refractivity contribution is 0.434. The van der Waals surface area contributed by atoms with E-state index in [0.717, 1.165) is 11.3 Å². The van der Waals surface area contributed by atoms with Crippen molar-refractivity contribution in [1.29, 1.82) is 0 Å². The van der Waals surface area contributed by atoms with Crippen LogP contribution in [0, 0.1) is 0 Å². The van der Waals surface area contributed by atoms with Gasteiger partial charge in [-0.2, -0.15) is 0 Å². The summed E-state index contributed by atoms with van der Waals surface area (Å²) in [6, 6.07) is 16.9. The maximum atomic E-state index is 9.83. The van der Waals surface area contributed by atoms with Crippen LogP contribution in [0.25, 0.3) is 6.08 Å². The Labute approximate surface area is 134 Å². The van der Waals surface area contributed by atoms with Crippen molar-refractivity contribution in [1.82, 2.24) is 0 Å². The summed E-state index contributed by atoms with van der Waals surface area (Å²) in [5, 5.41) is 13.5. The summed E-state index contributed by atoms with van der Waals surface area (Å²) in [5.74, 6) is 0.0883. The molecule has 0 aliphatic carbocycles. The molecule has 2 N–H and O–H groups in total. The largest absolute Gasteiger partial charge is 0.508 e. The highest BCUT2D eigenvalue weighted by Gasteiger charge is 1.96. The molecule has 0 aromatic heterocycles. The molecule has 0 bridgehead atoms. The van der Waals surface area contributed by atoms with Gasteiger partial charge < -0.3 is 10.4 Å². The number of anilines is 1. The number of allylic oxidation sites excluding steroid dienone is 1. The summed E-state index contributed by atoms with van der Waals surface area (Å²) < 4.78 is 0. The first-order valence-corrected chi connectivity index (χ1v) is 7.12. The molecule has 2 nitrogen and oxygen atoms in total. The van der Waals surface area contributed by atoms with Crippen LogP contribution in [0.15, 0.2) is 72.5 Å². The Morgan fingerprint density at radius 3 is 2.38 bits per heavy atom. The Balaban J connectivity index is 1.96. The number of aliphatic hydroxyl groups excluding tert-OH is 1. The minimum absolute atomic E-state index is 0.0883. The third kappa shape index (κ3) is 5.42. The van der Waals surface area contributed by atoms with Crippen LogP contribution in [0.3, 0.4) is 0 Å². The Hall–Kier alpha value is -2.10. The van der Waals surface area contributed by atoms with Crippen LogP contribution in [0.4, 0.5) is 5.69 Å². The fourth-order valence-electron chi connectivity index (χ4n) is 1.64. The highest BCUT2D eigenvalue weighted by molar-refractivity contribution is 7.81. The summed E-state index contributed by atoms with van der Waals surface area (Å²) in [6.07, 6.45) is 4.91. The zero-order valence-corrected chi connectivity index (χ0v) is 12.7. The van der Waals surface area contributed by atoms with Gasteiger partial charge in [0.25, 0.3) is 0 Å². The number of thiocarbonyl (C=S) groups is 1. The number of aliphatic hydroxyl groups is 1. The molecule has 2 aromatic rings. The molecule has 0 saturated carbocycles. The Morgan fingerprint density at radius 2 is 1.71 bits per heavy atom. The minimum Gasteiger partial charge on any atom is -0.508 e. The van der Waals surface area contributed by atoms with Gasteiger partial charge in [-0.15, -0.1) is 0 Å². The molecule has 4 heteroatoms. The van der Waals surface area contributed by atoms with Gasteiger partial charge >= 0.3 is 0 Å². The smallest absolute Gasteiger partial charge is 0.118 e. The van der Waals surface area contributed by atoms with Gasteiger partial charge in [0.15, 0.2) is 0 Å². The van der Waals surface area contributed by atoms with E-state index in [0.29, 0.717) is 10.0 Å². The molecule has 0 radical (unpaired) electrons. The lowest BCUT2D eigenvalue weighted by Crippen LogP contribution is -2.06. The third-order valence-electron chi connectivity index (χ3n) is 2.64. The monoisotopic (exact) mass is 315 g/mol. The van der Waals surface area contributed by atoms with Gasteiger partial charge in [-0.05, 0) is 35.9 Å². The fraction of sp³-hybridized carbons (Fsp3) is 0. The number of rotatable bonds is 4. The van der Waals surface area contributed by atoms with Crippen LogP contribution in [0.5, 0.6) is 0 Å². The zero-order valence-electron chi connectivity index (χ0n) is 11.2. The molecule has 0 unspecified atom stereocenters. The highest BCUT2D eigenvalue weighted by atomic mass is 35.5. The van der Waals surface area contributed by atoms with Crippen LogP contribution in [-0.4, -0.2) is 10.1 Å². The van der Waals surface area contributed by atoms with Gasteiger partial charge in [0.2, 0.25) is 0 Å². The van der Waals surface area contributed by atoms with E-state index in [1.165, 1.54) is 6.08 Å². The number of nitrogens with one attached hydrogen (secondary N) is 1. The molecular formula is C17H14ClNOS. The van der Waals surface area contributed by atoms with Crippen LogP contribution in [0.2, 0.25) is 5.02 Å². The van der Waals surface area contributed by atoms with Gasteiger partial charge in [-0.25, -0.2) is 0 Å². The summed E-state index contributed by atoms with van der Waals surface area (Å²) in [5.41, 5.74) is 1.83. The standard InChI is InChI=1S/C17H14ClNOS/c18-14-7-9-15(10-8-14)19-17(21)12-16(20)11-6-13-4-2-1-3-5-13/h1-12,20H,(H,19,21)/b11-6+,16-12-. The second kappa shape index (κ2) is 7.62. The van der Waals surface area contributed by atoms with E-state index in [9.17, 15) is 5.11 Å². The van der Waals surface area contributed by atoms with Gasteiger partial charge in [0.05, 0.1) is 0 Å². The molecule has 2 aromatic carbocycles. The zero-order chi connectivity index (χ0) is 15.1. The minimum atomic E-state index is 0.0883. The molecule has 106 valence electrons. The molecule has 0 spiro atoms. The van der Waals surface area contributed by atoms with E-state index in [2.05, 4.69) is 5.32 Å². The normalized spacial score (nSPS) is 11.6. The molecule has 0 saturated heterocycles. The SMILES string of the molecule is OC(=C\C(=S)Nc1ccc(Cl)cc1)/C=C/c1ccccc1. The third-order valence-corrected chi connectivity index (χ3v) is 3.11. The number of hydrogen-bond donors (Lipinski definition) is 2. The molecule has 0 aliphatic rings. The van der Waals surface area contributed by atoms with Crippen molar-refractivity contribution in [2.24, 2.45) is 0 Å². The average molecular weight is 316 g/mol. The number of hydrogen-bond acceptors (Lipinski definition) is 2. The Morgan fingerprint density at radius 1 is 1.05 bits per heavy atom. The topological polar surface area (TPSA) is 32.3 Å². The number of halogens is 1. The molecule has 0 atom stereocenters. The maximum absolute atomic E-state index is 9.83. The highest BCUT2D eigenvalue weighted by Crippen LogP contribution is 2.13. The van der Waals surface area contributed by atoms with E-state index in [-0.39, 0.29) is 5.76 Å². The average Bonchev–Trinajstić information content (AvgIpc) is 2.48. The lowest BCUT2D eigenvalue weighted by atomic mass is 10.2. The quantitative estimate of drug-likeness (QED) is 0.350. The van der Waals surface area contributed by atoms with Crippen molar-refractivity contribution in [3.63, 3.8) is 0 Å². The van der Waals surface area contributed by atoms with Crippen molar-refractivity contribution in [3.8, 4) is 0 Å². The van der Waals surface area contributed by atoms with Crippen molar-refractivity contribution in [2.75, 3.05) is 5.32 Å². The van der Waals surface area contributed by atoms with Gasteiger partial charge in [-0.3, -0.25) is 0 Å². The molecule has 0 aliphatic heterocycles. The summed E-state index contributed by atoms with van der Waals surface area (Å²) in [7, 11) is 0. The van der Waals surface area contributed by atoms with Gasteiger partial charge in [0, 0.05) is 16.8 Å². The first-order chi connectivity index (χ1) is 10.1. The van der Waals surface area contributed by atoms with Crippen molar-refractivity contribution < 1.29 is 5.11 Å². The summed E-state index contributed by atoms with van der Waals surface area (Å²) in [4.78, 5) is 0.424. The van der Waals surface area contributed by atoms with Crippen LogP contribution >= 0.6 is 23.8 Å². The fourth-order valence-corrected chi connectivity index (χ4v) is 2.00. The second-order valence-electron chi connectivity index (χ2n) is 4.31. The Kier molecular flexibility index (Phi) is 5.55. The summed E-state index contributed by atoms with van der Waals surface area (Å²) in [6.45, 7) is 0. The molecule has 0 amide bonds. The molecule has 0 fully saturated rings. The van der Waals surface area contributed by atoms with E-state index < -0.39 is 0 Å². The van der Waals surface area contributed by atoms with Crippen LogP contribution in [0.1, 0.15) is 5.56 Å². The van der Waals surface area contributed by atoms with E-state index in [1.807, 2.05) is 48.5 Å².